The molecule has 0 saturated carbocycles. The maximum Gasteiger partial charge on any atom is 0.125 e. The molecule has 2 aromatic carbocycles. The summed E-state index contributed by atoms with van der Waals surface area (Å²) in [7, 11) is 1.45. The van der Waals surface area contributed by atoms with Crippen molar-refractivity contribution in [1.29, 1.82) is 0 Å². The van der Waals surface area contributed by atoms with Gasteiger partial charge in [0, 0.05) is 21.2 Å². The fourth-order valence-corrected chi connectivity index (χ4v) is 2.32. The number of benzene rings is 2. The summed E-state index contributed by atoms with van der Waals surface area (Å²) in [5.74, 6) is -0.0696. The van der Waals surface area contributed by atoms with E-state index < -0.39 is 11.9 Å². The number of aliphatic hydroxyl groups excluding tert-OH is 1. The van der Waals surface area contributed by atoms with Gasteiger partial charge in [-0.3, -0.25) is 0 Å². The van der Waals surface area contributed by atoms with Crippen molar-refractivity contribution in [3.05, 3.63) is 63.4 Å². The minimum atomic E-state index is -1.09. The maximum atomic E-state index is 13.3. The van der Waals surface area contributed by atoms with E-state index in [1.807, 2.05) is 0 Å². The van der Waals surface area contributed by atoms with Gasteiger partial charge in [-0.05, 0) is 30.3 Å². The predicted octanol–water partition coefficient (Wildman–Crippen LogP) is 4.22. The Balaban J connectivity index is 2.49. The molecule has 0 aliphatic carbocycles. The number of ether oxygens (including phenoxy) is 1. The van der Waals surface area contributed by atoms with E-state index in [9.17, 15) is 9.50 Å². The van der Waals surface area contributed by atoms with E-state index in [1.54, 1.807) is 12.1 Å². The van der Waals surface area contributed by atoms with Crippen LogP contribution < -0.4 is 4.74 Å². The number of halogens is 3. The summed E-state index contributed by atoms with van der Waals surface area (Å²) in [4.78, 5) is 0. The molecule has 100 valence electrons. The fourth-order valence-electron chi connectivity index (χ4n) is 1.81. The molecule has 1 unspecified atom stereocenters. The molecule has 0 saturated heterocycles. The van der Waals surface area contributed by atoms with Crippen LogP contribution in [0.3, 0.4) is 0 Å². The zero-order chi connectivity index (χ0) is 14.0. The molecule has 0 aliphatic rings. The highest BCUT2D eigenvalue weighted by molar-refractivity contribution is 6.35. The van der Waals surface area contributed by atoms with E-state index in [1.165, 1.54) is 31.4 Å². The Labute approximate surface area is 120 Å². The largest absolute Gasteiger partial charge is 0.496 e. The second-order valence-electron chi connectivity index (χ2n) is 3.95. The van der Waals surface area contributed by atoms with Crippen molar-refractivity contribution in [3.63, 3.8) is 0 Å². The Bertz CT molecular complexity index is 602. The van der Waals surface area contributed by atoms with Gasteiger partial charge in [0.15, 0.2) is 0 Å². The molecule has 0 fully saturated rings. The first-order valence-electron chi connectivity index (χ1n) is 5.49. The van der Waals surface area contributed by atoms with E-state index in [2.05, 4.69) is 0 Å². The quantitative estimate of drug-likeness (QED) is 0.919. The Morgan fingerprint density at radius 2 is 1.84 bits per heavy atom. The average Bonchev–Trinajstić information content (AvgIpc) is 2.38. The van der Waals surface area contributed by atoms with E-state index in [0.717, 1.165) is 0 Å². The molecule has 19 heavy (non-hydrogen) atoms. The van der Waals surface area contributed by atoms with Gasteiger partial charge in [-0.1, -0.05) is 29.3 Å². The molecule has 1 atom stereocenters. The Morgan fingerprint density at radius 1 is 1.11 bits per heavy atom. The molecule has 2 aromatic rings. The predicted molar refractivity (Wildman–Crippen MR) is 73.5 cm³/mol. The highest BCUT2D eigenvalue weighted by Crippen LogP contribution is 2.34. The molecule has 0 bridgehead atoms. The number of hydrogen-bond acceptors (Lipinski definition) is 2. The molecule has 2 rings (SSSR count). The zero-order valence-electron chi connectivity index (χ0n) is 10.0. The number of hydrogen-bond donors (Lipinski definition) is 1. The molecule has 2 nitrogen and oxygen atoms in total. The second kappa shape index (κ2) is 5.78. The summed E-state index contributed by atoms with van der Waals surface area (Å²) in [6.45, 7) is 0. The van der Waals surface area contributed by atoms with E-state index in [4.69, 9.17) is 27.9 Å². The first kappa shape index (κ1) is 14.1. The summed E-state index contributed by atoms with van der Waals surface area (Å²) in [6, 6.07) is 8.66. The molecule has 0 spiro atoms. The van der Waals surface area contributed by atoms with Crippen LogP contribution in [0.4, 0.5) is 4.39 Å². The maximum absolute atomic E-state index is 13.3. The van der Waals surface area contributed by atoms with Crippen molar-refractivity contribution >= 4 is 23.2 Å². The normalized spacial score (nSPS) is 12.3. The van der Waals surface area contributed by atoms with Gasteiger partial charge in [0.2, 0.25) is 0 Å². The van der Waals surface area contributed by atoms with Gasteiger partial charge in [-0.2, -0.15) is 0 Å². The van der Waals surface area contributed by atoms with Crippen LogP contribution in [0.25, 0.3) is 0 Å². The third kappa shape index (κ3) is 3.00. The van der Waals surface area contributed by atoms with Crippen molar-refractivity contribution < 1.29 is 14.2 Å². The molecule has 0 radical (unpaired) electrons. The van der Waals surface area contributed by atoms with Crippen molar-refractivity contribution in [2.75, 3.05) is 7.11 Å². The lowest BCUT2D eigenvalue weighted by molar-refractivity contribution is 0.214. The van der Waals surface area contributed by atoms with Gasteiger partial charge >= 0.3 is 0 Å². The number of aliphatic hydroxyl groups is 1. The van der Waals surface area contributed by atoms with Crippen LogP contribution in [0, 0.1) is 5.82 Å². The first-order valence-corrected chi connectivity index (χ1v) is 6.25. The Morgan fingerprint density at radius 3 is 2.47 bits per heavy atom. The summed E-state index contributed by atoms with van der Waals surface area (Å²) in [6.07, 6.45) is -1.09. The van der Waals surface area contributed by atoms with Crippen molar-refractivity contribution in [2.24, 2.45) is 0 Å². The van der Waals surface area contributed by atoms with Crippen LogP contribution in [0.15, 0.2) is 36.4 Å². The molecule has 5 heteroatoms. The lowest BCUT2D eigenvalue weighted by Crippen LogP contribution is -2.03. The van der Waals surface area contributed by atoms with Crippen molar-refractivity contribution in [1.82, 2.24) is 0 Å². The third-order valence-corrected chi connectivity index (χ3v) is 3.31. The molecular formula is C14H11Cl2FO2. The zero-order valence-corrected chi connectivity index (χ0v) is 11.5. The van der Waals surface area contributed by atoms with Crippen LogP contribution in [0.2, 0.25) is 10.0 Å². The smallest absolute Gasteiger partial charge is 0.125 e. The fraction of sp³-hybridized carbons (Fsp3) is 0.143. The molecular weight excluding hydrogens is 290 g/mol. The van der Waals surface area contributed by atoms with Gasteiger partial charge < -0.3 is 9.84 Å². The minimum absolute atomic E-state index is 0.311. The summed E-state index contributed by atoms with van der Waals surface area (Å²) < 4.78 is 18.4. The van der Waals surface area contributed by atoms with E-state index in [0.29, 0.717) is 26.9 Å². The number of methoxy groups -OCH3 is 1. The minimum Gasteiger partial charge on any atom is -0.496 e. The summed E-state index contributed by atoms with van der Waals surface area (Å²) in [5.41, 5.74) is 0.752. The standard InChI is InChI=1S/C14H11Cl2FO2/c1-19-13-5-3-9(17)7-11(13)14(18)10-4-2-8(15)6-12(10)16/h2-7,14,18H,1H3. The molecule has 0 amide bonds. The first-order chi connectivity index (χ1) is 9.02. The molecule has 0 heterocycles. The second-order valence-corrected chi connectivity index (χ2v) is 4.80. The summed E-state index contributed by atoms with van der Waals surface area (Å²) in [5, 5.41) is 11.1. The lowest BCUT2D eigenvalue weighted by Gasteiger charge is -2.16. The molecule has 0 aliphatic heterocycles. The number of rotatable bonds is 3. The third-order valence-electron chi connectivity index (χ3n) is 2.74. The van der Waals surface area contributed by atoms with Crippen molar-refractivity contribution in [2.45, 2.75) is 6.10 Å². The highest BCUT2D eigenvalue weighted by Gasteiger charge is 2.19. The van der Waals surface area contributed by atoms with Crippen LogP contribution >= 0.6 is 23.2 Å². The van der Waals surface area contributed by atoms with E-state index in [-0.39, 0.29) is 0 Å². The van der Waals surface area contributed by atoms with Crippen LogP contribution in [0.1, 0.15) is 17.2 Å². The van der Waals surface area contributed by atoms with Crippen LogP contribution in [-0.4, -0.2) is 12.2 Å². The monoisotopic (exact) mass is 300 g/mol. The Kier molecular flexibility index (Phi) is 4.30. The molecule has 0 aromatic heterocycles. The lowest BCUT2D eigenvalue weighted by atomic mass is 10.0. The van der Waals surface area contributed by atoms with Gasteiger partial charge in [-0.15, -0.1) is 0 Å². The van der Waals surface area contributed by atoms with Gasteiger partial charge in [0.1, 0.15) is 17.7 Å². The van der Waals surface area contributed by atoms with Gasteiger partial charge in [-0.25, -0.2) is 4.39 Å². The van der Waals surface area contributed by atoms with Crippen molar-refractivity contribution in [3.8, 4) is 5.75 Å². The SMILES string of the molecule is COc1ccc(F)cc1C(O)c1ccc(Cl)cc1Cl. The Hall–Kier alpha value is -1.29. The average molecular weight is 301 g/mol. The summed E-state index contributed by atoms with van der Waals surface area (Å²) >= 11 is 11.8. The molecule has 1 N–H and O–H groups in total. The highest BCUT2D eigenvalue weighted by atomic mass is 35.5. The van der Waals surface area contributed by atoms with Crippen LogP contribution in [-0.2, 0) is 0 Å². The van der Waals surface area contributed by atoms with E-state index >= 15 is 0 Å². The van der Waals surface area contributed by atoms with Gasteiger partial charge in [0.05, 0.1) is 7.11 Å². The topological polar surface area (TPSA) is 29.5 Å². The van der Waals surface area contributed by atoms with Crippen LogP contribution in [0.5, 0.6) is 5.75 Å². The van der Waals surface area contributed by atoms with Gasteiger partial charge in [0.25, 0.3) is 0 Å².